The maximum absolute atomic E-state index is 14.9. The summed E-state index contributed by atoms with van der Waals surface area (Å²) in [6.07, 6.45) is 6.19. The Balaban J connectivity index is 1.22. The summed E-state index contributed by atoms with van der Waals surface area (Å²) in [5, 5.41) is 9.75. The summed E-state index contributed by atoms with van der Waals surface area (Å²) in [7, 11) is 0. The zero-order chi connectivity index (χ0) is 30.4. The Kier molecular flexibility index (Phi) is 7.38. The zero-order valence-corrected chi connectivity index (χ0v) is 23.7. The molecule has 1 aliphatic carbocycles. The van der Waals surface area contributed by atoms with Crippen LogP contribution in [-0.2, 0) is 4.79 Å². The molecule has 1 aromatic carbocycles. The molecule has 2 aliphatic rings. The van der Waals surface area contributed by atoms with Crippen molar-refractivity contribution in [2.24, 2.45) is 17.0 Å². The van der Waals surface area contributed by atoms with Crippen LogP contribution >= 0.6 is 11.6 Å². The van der Waals surface area contributed by atoms with Gasteiger partial charge in [-0.25, -0.2) is 23.7 Å². The molecule has 4 aromatic rings. The SMILES string of the molecule is Cc1nc(N2C[C@@H]3C[C@@H]3C2=O)ncc1[C@H](CN=O)n1cc(NC(=O)c2cncc(-c3c(C(C)F)ccc(Cl)c3F)n2)cn1. The third-order valence-corrected chi connectivity index (χ3v) is 7.92. The van der Waals surface area contributed by atoms with Gasteiger partial charge in [0.15, 0.2) is 5.82 Å². The number of nitrogens with zero attached hydrogens (tertiary/aromatic N) is 8. The number of benzene rings is 1. The highest BCUT2D eigenvalue weighted by Gasteiger charge is 2.53. The van der Waals surface area contributed by atoms with Crippen LogP contribution in [0.5, 0.6) is 0 Å². The van der Waals surface area contributed by atoms with Crippen LogP contribution in [0.25, 0.3) is 11.3 Å². The standard InChI is InChI=1S/C28H24ClF2N9O3/c1-13(30)17-3-4-20(29)25(31)24(17)21-8-32-9-22(38-21)26(41)37-16-6-34-40(12-16)23(10-35-43)19-7-33-28(36-14(19)2)39-11-15-5-18(15)27(39)42/h3-4,6-9,12-13,15,18,23H,5,10-11H2,1-2H3,(H,37,41)/t13?,15-,18-,23-/m0/s1. The molecule has 1 N–H and O–H groups in total. The summed E-state index contributed by atoms with van der Waals surface area (Å²) in [5.41, 5.74) is 0.986. The smallest absolute Gasteiger partial charge is 0.275 e. The monoisotopic (exact) mass is 607 g/mol. The van der Waals surface area contributed by atoms with Gasteiger partial charge in [0.2, 0.25) is 11.9 Å². The number of amides is 2. The van der Waals surface area contributed by atoms with Crippen molar-refractivity contribution < 1.29 is 18.4 Å². The van der Waals surface area contributed by atoms with E-state index in [2.05, 4.69) is 35.5 Å². The highest BCUT2D eigenvalue weighted by molar-refractivity contribution is 6.31. The first-order valence-corrected chi connectivity index (χ1v) is 13.8. The Bertz CT molecular complexity index is 1770. The van der Waals surface area contributed by atoms with Gasteiger partial charge in [-0.05, 0) is 37.8 Å². The molecule has 1 aliphatic heterocycles. The van der Waals surface area contributed by atoms with Gasteiger partial charge < -0.3 is 5.32 Å². The number of aromatic nitrogens is 6. The molecule has 4 heterocycles. The van der Waals surface area contributed by atoms with Crippen molar-refractivity contribution in [3.8, 4) is 11.3 Å². The van der Waals surface area contributed by atoms with Crippen LogP contribution in [0, 0.1) is 29.5 Å². The number of anilines is 2. The van der Waals surface area contributed by atoms with Crippen molar-refractivity contribution in [3.63, 3.8) is 0 Å². The first kappa shape index (κ1) is 28.4. The number of carbonyl (C=O) groups is 2. The molecule has 0 radical (unpaired) electrons. The largest absolute Gasteiger partial charge is 0.318 e. The first-order chi connectivity index (χ1) is 20.7. The summed E-state index contributed by atoms with van der Waals surface area (Å²) in [6.45, 7) is 3.40. The van der Waals surface area contributed by atoms with Crippen LogP contribution in [0.1, 0.15) is 52.9 Å². The Hall–Kier alpha value is -4.72. The molecule has 6 rings (SSSR count). The summed E-state index contributed by atoms with van der Waals surface area (Å²) < 4.78 is 30.6. The summed E-state index contributed by atoms with van der Waals surface area (Å²) in [6, 6.07) is 1.92. The minimum absolute atomic E-state index is 0.0146. The number of halogens is 3. The lowest BCUT2D eigenvalue weighted by Gasteiger charge is -2.20. The van der Waals surface area contributed by atoms with Crippen LogP contribution in [-0.4, -0.2) is 54.6 Å². The number of piperidine rings is 1. The molecule has 12 nitrogen and oxygen atoms in total. The number of fused-ring (bicyclic) bond motifs is 1. The molecule has 2 amide bonds. The van der Waals surface area contributed by atoms with E-state index in [0.717, 1.165) is 6.42 Å². The van der Waals surface area contributed by atoms with Gasteiger partial charge in [0.1, 0.15) is 24.5 Å². The van der Waals surface area contributed by atoms with Crippen molar-refractivity contribution in [1.29, 1.82) is 0 Å². The van der Waals surface area contributed by atoms with E-state index >= 15 is 0 Å². The van der Waals surface area contributed by atoms with Gasteiger partial charge in [0.05, 0.1) is 35.0 Å². The molecular formula is C28H24ClF2N9O3. The number of alkyl halides is 1. The molecule has 0 spiro atoms. The number of hydrogen-bond donors (Lipinski definition) is 1. The van der Waals surface area contributed by atoms with E-state index in [4.69, 9.17) is 11.6 Å². The van der Waals surface area contributed by atoms with Crippen LogP contribution in [0.3, 0.4) is 0 Å². The first-order valence-electron chi connectivity index (χ1n) is 13.4. The number of nitrogens with one attached hydrogen (secondary N) is 1. The second kappa shape index (κ2) is 11.2. The predicted octanol–water partition coefficient (Wildman–Crippen LogP) is 4.85. The quantitative estimate of drug-likeness (QED) is 0.265. The number of rotatable bonds is 9. The lowest BCUT2D eigenvalue weighted by Crippen LogP contribution is -2.30. The predicted molar refractivity (Wildman–Crippen MR) is 152 cm³/mol. The topological polar surface area (TPSA) is 148 Å². The molecule has 43 heavy (non-hydrogen) atoms. The molecule has 3 aromatic heterocycles. The number of hydrogen-bond acceptors (Lipinski definition) is 9. The molecule has 1 unspecified atom stereocenters. The second-order valence-electron chi connectivity index (χ2n) is 10.5. The average Bonchev–Trinajstić information content (AvgIpc) is 3.49. The zero-order valence-electron chi connectivity index (χ0n) is 22.9. The third-order valence-electron chi connectivity index (χ3n) is 7.63. The molecule has 2 fully saturated rings. The Morgan fingerprint density at radius 2 is 2.02 bits per heavy atom. The minimum atomic E-state index is -1.53. The average molecular weight is 608 g/mol. The normalized spacial score (nSPS) is 18.7. The fourth-order valence-corrected chi connectivity index (χ4v) is 5.45. The molecule has 0 bridgehead atoms. The van der Waals surface area contributed by atoms with Crippen molar-refractivity contribution in [2.45, 2.75) is 32.5 Å². The van der Waals surface area contributed by atoms with E-state index in [-0.39, 0.29) is 51.6 Å². The molecule has 15 heteroatoms. The second-order valence-corrected chi connectivity index (χ2v) is 10.9. The molecule has 4 atom stereocenters. The number of aryl methyl sites for hydroxylation is 1. The minimum Gasteiger partial charge on any atom is -0.318 e. The maximum atomic E-state index is 14.9. The van der Waals surface area contributed by atoms with Crippen molar-refractivity contribution in [3.05, 3.63) is 81.4 Å². The molecule has 1 saturated carbocycles. The van der Waals surface area contributed by atoms with Crippen LogP contribution in [0.4, 0.5) is 20.4 Å². The lowest BCUT2D eigenvalue weighted by molar-refractivity contribution is -0.118. The van der Waals surface area contributed by atoms with Crippen molar-refractivity contribution in [1.82, 2.24) is 29.7 Å². The van der Waals surface area contributed by atoms with Gasteiger partial charge in [0.25, 0.3) is 5.91 Å². The highest BCUT2D eigenvalue weighted by atomic mass is 35.5. The third kappa shape index (κ3) is 5.33. The Labute approximate surface area is 248 Å². The fraction of sp³-hybridized carbons (Fsp3) is 0.321. The fourth-order valence-electron chi connectivity index (χ4n) is 5.29. The van der Waals surface area contributed by atoms with Crippen LogP contribution in [0.2, 0.25) is 5.02 Å². The highest BCUT2D eigenvalue weighted by Crippen LogP contribution is 2.46. The van der Waals surface area contributed by atoms with Crippen molar-refractivity contribution >= 4 is 35.1 Å². The van der Waals surface area contributed by atoms with Gasteiger partial charge >= 0.3 is 0 Å². The molecular weight excluding hydrogens is 584 g/mol. The number of nitroso groups, excluding NO2 is 1. The van der Waals surface area contributed by atoms with E-state index in [1.165, 1.54) is 48.5 Å². The summed E-state index contributed by atoms with van der Waals surface area (Å²) in [5.74, 6) is -0.782. The molecule has 220 valence electrons. The summed E-state index contributed by atoms with van der Waals surface area (Å²) in [4.78, 5) is 55.5. The van der Waals surface area contributed by atoms with Crippen LogP contribution in [0.15, 0.2) is 48.3 Å². The van der Waals surface area contributed by atoms with E-state index in [1.54, 1.807) is 18.0 Å². The molecule has 1 saturated heterocycles. The van der Waals surface area contributed by atoms with Gasteiger partial charge in [-0.3, -0.25) is 24.2 Å². The van der Waals surface area contributed by atoms with E-state index in [9.17, 15) is 23.3 Å². The summed E-state index contributed by atoms with van der Waals surface area (Å²) >= 11 is 5.92. The van der Waals surface area contributed by atoms with Gasteiger partial charge in [-0.1, -0.05) is 22.8 Å². The lowest BCUT2D eigenvalue weighted by atomic mass is 10.0. The number of carbonyl (C=O) groups excluding carboxylic acids is 2. The van der Waals surface area contributed by atoms with Gasteiger partial charge in [0, 0.05) is 41.7 Å². The van der Waals surface area contributed by atoms with Gasteiger partial charge in [-0.2, -0.15) is 10.0 Å². The van der Waals surface area contributed by atoms with E-state index in [1.807, 2.05) is 0 Å². The van der Waals surface area contributed by atoms with Crippen molar-refractivity contribution in [2.75, 3.05) is 23.3 Å². The Morgan fingerprint density at radius 3 is 2.72 bits per heavy atom. The maximum Gasteiger partial charge on any atom is 0.275 e. The van der Waals surface area contributed by atoms with E-state index < -0.39 is 23.9 Å². The Morgan fingerprint density at radius 1 is 1.21 bits per heavy atom. The van der Waals surface area contributed by atoms with Crippen LogP contribution < -0.4 is 10.2 Å². The van der Waals surface area contributed by atoms with Gasteiger partial charge in [-0.15, -0.1) is 0 Å². The van der Waals surface area contributed by atoms with E-state index in [0.29, 0.717) is 29.7 Å².